The zero-order chi connectivity index (χ0) is 18.6. The Labute approximate surface area is 161 Å². The first-order valence-corrected chi connectivity index (χ1v) is 10.5. The number of rotatable bonds is 4. The summed E-state index contributed by atoms with van der Waals surface area (Å²) in [5, 5.41) is 16.1. The van der Waals surface area contributed by atoms with Gasteiger partial charge in [-0.1, -0.05) is 19.3 Å². The summed E-state index contributed by atoms with van der Waals surface area (Å²) in [4.78, 5) is 27.9. The molecule has 1 saturated carbocycles. The Kier molecular flexibility index (Phi) is 5.47. The van der Waals surface area contributed by atoms with Crippen LogP contribution in [0.2, 0.25) is 0 Å². The predicted octanol–water partition coefficient (Wildman–Crippen LogP) is 2.02. The van der Waals surface area contributed by atoms with Crippen LogP contribution in [-0.4, -0.2) is 56.1 Å². The number of nitrogens with one attached hydrogen (secondary N) is 1. The van der Waals surface area contributed by atoms with Gasteiger partial charge in [0.05, 0.1) is 5.69 Å². The molecular weight excluding hydrogens is 364 g/mol. The van der Waals surface area contributed by atoms with Crippen LogP contribution >= 0.6 is 11.3 Å². The van der Waals surface area contributed by atoms with E-state index in [1.165, 1.54) is 41.6 Å². The van der Waals surface area contributed by atoms with Gasteiger partial charge >= 0.3 is 0 Å². The first-order chi connectivity index (χ1) is 13.2. The highest BCUT2D eigenvalue weighted by atomic mass is 32.1. The fourth-order valence-corrected chi connectivity index (χ4v) is 4.81. The summed E-state index contributed by atoms with van der Waals surface area (Å²) in [5.74, 6) is 0.432. The molecule has 0 radical (unpaired) electrons. The number of likely N-dealkylation sites (tertiary alicyclic amines) is 1. The van der Waals surface area contributed by atoms with E-state index in [-0.39, 0.29) is 17.9 Å². The van der Waals surface area contributed by atoms with Crippen molar-refractivity contribution in [2.45, 2.75) is 51.0 Å². The quantitative estimate of drug-likeness (QED) is 0.865. The van der Waals surface area contributed by atoms with Crippen LogP contribution in [0.3, 0.4) is 0 Å². The van der Waals surface area contributed by atoms with Crippen molar-refractivity contribution in [2.24, 2.45) is 5.92 Å². The number of carbonyl (C=O) groups excluding carboxylic acids is 2. The molecule has 0 aromatic carbocycles. The Morgan fingerprint density at radius 1 is 1.11 bits per heavy atom. The monoisotopic (exact) mass is 388 g/mol. The van der Waals surface area contributed by atoms with Crippen LogP contribution in [0.4, 0.5) is 0 Å². The molecular formula is C18H24N6O2S. The second kappa shape index (κ2) is 8.16. The van der Waals surface area contributed by atoms with E-state index in [0.717, 1.165) is 38.8 Å². The van der Waals surface area contributed by atoms with Gasteiger partial charge in [-0.15, -0.1) is 16.4 Å². The maximum Gasteiger partial charge on any atom is 0.263 e. The number of aromatic nitrogens is 4. The smallest absolute Gasteiger partial charge is 0.263 e. The molecule has 1 saturated heterocycles. The van der Waals surface area contributed by atoms with Crippen molar-refractivity contribution >= 4 is 23.2 Å². The average Bonchev–Trinajstić information content (AvgIpc) is 3.40. The largest absolute Gasteiger partial charge is 0.348 e. The number of thiophene rings is 1. The van der Waals surface area contributed by atoms with E-state index in [2.05, 4.69) is 20.8 Å². The molecule has 3 heterocycles. The molecule has 1 N–H and O–H groups in total. The highest BCUT2D eigenvalue weighted by molar-refractivity contribution is 7.12. The van der Waals surface area contributed by atoms with Gasteiger partial charge in [-0.3, -0.25) is 9.59 Å². The summed E-state index contributed by atoms with van der Waals surface area (Å²) in [6.45, 7) is 1.45. The number of hydrogen-bond donors (Lipinski definition) is 1. The molecule has 2 fully saturated rings. The van der Waals surface area contributed by atoms with Crippen molar-refractivity contribution in [1.29, 1.82) is 0 Å². The predicted molar refractivity (Wildman–Crippen MR) is 101 cm³/mol. The molecule has 2 amide bonds. The maximum atomic E-state index is 12.7. The maximum absolute atomic E-state index is 12.7. The van der Waals surface area contributed by atoms with Gasteiger partial charge in [-0.05, 0) is 47.6 Å². The Morgan fingerprint density at radius 2 is 1.89 bits per heavy atom. The number of amides is 2. The fraction of sp³-hybridized carbons (Fsp3) is 0.611. The van der Waals surface area contributed by atoms with Crippen LogP contribution < -0.4 is 5.32 Å². The molecule has 9 heteroatoms. The third kappa shape index (κ3) is 4.02. The summed E-state index contributed by atoms with van der Waals surface area (Å²) in [6, 6.07) is 1.93. The van der Waals surface area contributed by atoms with E-state index in [9.17, 15) is 9.59 Å². The standard InChI is InChI=1S/C18H24N6O2S/c25-17(16-15(8-11-27-16)24-12-19-21-22-24)20-14-6-9-23(10-7-14)18(26)13-4-2-1-3-5-13/h8,11-14H,1-7,9-10H2,(H,20,25). The summed E-state index contributed by atoms with van der Waals surface area (Å²) >= 11 is 1.38. The Balaban J connectivity index is 1.31. The van der Waals surface area contributed by atoms with Crippen LogP contribution in [0.25, 0.3) is 5.69 Å². The molecule has 2 aromatic rings. The normalized spacial score (nSPS) is 19.2. The zero-order valence-electron chi connectivity index (χ0n) is 15.2. The molecule has 0 spiro atoms. The lowest BCUT2D eigenvalue weighted by molar-refractivity contribution is -0.137. The molecule has 0 atom stereocenters. The van der Waals surface area contributed by atoms with E-state index in [0.29, 0.717) is 16.5 Å². The van der Waals surface area contributed by atoms with Crippen molar-refractivity contribution < 1.29 is 9.59 Å². The molecule has 1 aliphatic carbocycles. The molecule has 144 valence electrons. The highest BCUT2D eigenvalue weighted by Gasteiger charge is 2.30. The van der Waals surface area contributed by atoms with E-state index in [1.807, 2.05) is 16.3 Å². The Morgan fingerprint density at radius 3 is 2.59 bits per heavy atom. The topological polar surface area (TPSA) is 93.0 Å². The van der Waals surface area contributed by atoms with Gasteiger partial charge in [0.2, 0.25) is 5.91 Å². The van der Waals surface area contributed by atoms with Gasteiger partial charge in [0.1, 0.15) is 11.2 Å². The van der Waals surface area contributed by atoms with E-state index in [4.69, 9.17) is 0 Å². The van der Waals surface area contributed by atoms with Crippen LogP contribution in [-0.2, 0) is 4.79 Å². The minimum Gasteiger partial charge on any atom is -0.348 e. The van der Waals surface area contributed by atoms with Gasteiger partial charge in [0.25, 0.3) is 5.91 Å². The lowest BCUT2D eigenvalue weighted by Crippen LogP contribution is -2.48. The second-order valence-electron chi connectivity index (χ2n) is 7.30. The van der Waals surface area contributed by atoms with Crippen molar-refractivity contribution in [3.63, 3.8) is 0 Å². The van der Waals surface area contributed by atoms with Gasteiger partial charge in [-0.25, -0.2) is 0 Å². The first-order valence-electron chi connectivity index (χ1n) is 9.63. The van der Waals surface area contributed by atoms with Gasteiger partial charge in [0, 0.05) is 25.0 Å². The van der Waals surface area contributed by atoms with Crippen molar-refractivity contribution in [1.82, 2.24) is 30.4 Å². The van der Waals surface area contributed by atoms with E-state index >= 15 is 0 Å². The summed E-state index contributed by atoms with van der Waals surface area (Å²) in [7, 11) is 0. The van der Waals surface area contributed by atoms with Crippen LogP contribution in [0.1, 0.15) is 54.6 Å². The van der Waals surface area contributed by atoms with Gasteiger partial charge in [0.15, 0.2) is 0 Å². The molecule has 0 unspecified atom stereocenters. The molecule has 0 bridgehead atoms. The minimum absolute atomic E-state index is 0.0942. The third-order valence-corrected chi connectivity index (χ3v) is 6.45. The van der Waals surface area contributed by atoms with Gasteiger partial charge < -0.3 is 10.2 Å². The number of carbonyl (C=O) groups is 2. The second-order valence-corrected chi connectivity index (χ2v) is 8.21. The molecule has 8 nitrogen and oxygen atoms in total. The minimum atomic E-state index is -0.104. The summed E-state index contributed by atoms with van der Waals surface area (Å²) in [6.07, 6.45) is 8.76. The third-order valence-electron chi connectivity index (χ3n) is 5.54. The lowest BCUT2D eigenvalue weighted by atomic mass is 9.87. The van der Waals surface area contributed by atoms with Crippen molar-refractivity contribution in [3.05, 3.63) is 22.7 Å². The van der Waals surface area contributed by atoms with Crippen molar-refractivity contribution in [3.8, 4) is 5.69 Å². The molecule has 1 aliphatic heterocycles. The van der Waals surface area contributed by atoms with Crippen LogP contribution in [0, 0.1) is 5.92 Å². The average molecular weight is 388 g/mol. The van der Waals surface area contributed by atoms with E-state index in [1.54, 1.807) is 0 Å². The van der Waals surface area contributed by atoms with E-state index < -0.39 is 0 Å². The SMILES string of the molecule is O=C(NC1CCN(C(=O)C2CCCCC2)CC1)c1sccc1-n1cnnn1. The summed E-state index contributed by atoms with van der Waals surface area (Å²) in [5.41, 5.74) is 0.687. The lowest BCUT2D eigenvalue weighted by Gasteiger charge is -2.35. The molecule has 2 aliphatic rings. The highest BCUT2D eigenvalue weighted by Crippen LogP contribution is 2.27. The zero-order valence-corrected chi connectivity index (χ0v) is 16.0. The number of tetrazole rings is 1. The van der Waals surface area contributed by atoms with Crippen LogP contribution in [0.15, 0.2) is 17.8 Å². The molecule has 27 heavy (non-hydrogen) atoms. The Hall–Kier alpha value is -2.29. The first kappa shape index (κ1) is 18.1. The summed E-state index contributed by atoms with van der Waals surface area (Å²) < 4.78 is 1.50. The Bertz CT molecular complexity index is 776. The number of piperidine rings is 1. The van der Waals surface area contributed by atoms with Crippen LogP contribution in [0.5, 0.6) is 0 Å². The number of hydrogen-bond acceptors (Lipinski definition) is 6. The van der Waals surface area contributed by atoms with Gasteiger partial charge in [-0.2, -0.15) is 4.68 Å². The number of nitrogens with zero attached hydrogens (tertiary/aromatic N) is 5. The molecule has 4 rings (SSSR count). The molecule has 2 aromatic heterocycles. The van der Waals surface area contributed by atoms with Crippen molar-refractivity contribution in [2.75, 3.05) is 13.1 Å². The fourth-order valence-electron chi connectivity index (χ4n) is 4.03.